The van der Waals surface area contributed by atoms with Crippen LogP contribution in [0.4, 0.5) is 4.79 Å². The first kappa shape index (κ1) is 16.8. The lowest BCUT2D eigenvalue weighted by atomic mass is 9.94. The van der Waals surface area contributed by atoms with E-state index < -0.39 is 6.04 Å². The van der Waals surface area contributed by atoms with Crippen LogP contribution in [-0.4, -0.2) is 19.4 Å². The molecule has 0 saturated heterocycles. The Morgan fingerprint density at radius 1 is 1.04 bits per heavy atom. The van der Waals surface area contributed by atoms with Crippen molar-refractivity contribution in [2.24, 2.45) is 0 Å². The standard InChI is InChI=1S/C20H20N2O3/c1-25-16-10-7-14(8-11-16)9-12-18-17(13-23)19(22-20(24)21-18)15-5-3-2-4-6-15/h2-8,10-11,13,19H,9,12H2,1H3,(H2,21,22,24). The van der Waals surface area contributed by atoms with Crippen molar-refractivity contribution in [3.8, 4) is 5.75 Å². The molecule has 0 radical (unpaired) electrons. The molecule has 5 nitrogen and oxygen atoms in total. The summed E-state index contributed by atoms with van der Waals surface area (Å²) in [4.78, 5) is 23.7. The molecule has 5 heteroatoms. The van der Waals surface area contributed by atoms with E-state index >= 15 is 0 Å². The molecule has 2 amide bonds. The minimum atomic E-state index is -0.418. The van der Waals surface area contributed by atoms with Gasteiger partial charge >= 0.3 is 6.03 Å². The second-order valence-corrected chi connectivity index (χ2v) is 5.84. The topological polar surface area (TPSA) is 67.4 Å². The molecular weight excluding hydrogens is 316 g/mol. The minimum Gasteiger partial charge on any atom is -0.497 e. The zero-order valence-electron chi connectivity index (χ0n) is 14.0. The van der Waals surface area contributed by atoms with Gasteiger partial charge in [-0.1, -0.05) is 42.5 Å². The summed E-state index contributed by atoms with van der Waals surface area (Å²) >= 11 is 0. The summed E-state index contributed by atoms with van der Waals surface area (Å²) in [6.45, 7) is 0. The van der Waals surface area contributed by atoms with E-state index in [1.165, 1.54) is 0 Å². The monoisotopic (exact) mass is 336 g/mol. The van der Waals surface area contributed by atoms with Crippen LogP contribution in [0.3, 0.4) is 0 Å². The second kappa shape index (κ2) is 7.66. The number of rotatable bonds is 6. The minimum absolute atomic E-state index is 0.288. The Labute approximate surface area is 146 Å². The van der Waals surface area contributed by atoms with E-state index in [0.29, 0.717) is 17.7 Å². The lowest BCUT2D eigenvalue weighted by Gasteiger charge is -2.28. The van der Waals surface area contributed by atoms with E-state index in [1.54, 1.807) is 7.11 Å². The average molecular weight is 336 g/mol. The zero-order chi connectivity index (χ0) is 17.6. The Balaban J connectivity index is 1.82. The van der Waals surface area contributed by atoms with Gasteiger partial charge in [0.05, 0.1) is 13.2 Å². The van der Waals surface area contributed by atoms with Crippen LogP contribution in [-0.2, 0) is 11.2 Å². The molecule has 2 aromatic rings. The Bertz CT molecular complexity index is 782. The Kier molecular flexibility index (Phi) is 5.14. The molecule has 1 atom stereocenters. The molecule has 0 aromatic heterocycles. The number of aldehydes is 1. The molecule has 1 aliphatic heterocycles. The highest BCUT2D eigenvalue weighted by molar-refractivity contribution is 5.86. The van der Waals surface area contributed by atoms with Crippen molar-refractivity contribution in [2.45, 2.75) is 18.9 Å². The van der Waals surface area contributed by atoms with Gasteiger partial charge in [-0.25, -0.2) is 4.79 Å². The average Bonchev–Trinajstić information content (AvgIpc) is 2.67. The quantitative estimate of drug-likeness (QED) is 0.797. The summed E-state index contributed by atoms with van der Waals surface area (Å²) in [5.41, 5.74) is 3.24. The highest BCUT2D eigenvalue weighted by Gasteiger charge is 2.27. The number of hydrogen-bond donors (Lipinski definition) is 2. The van der Waals surface area contributed by atoms with Crippen molar-refractivity contribution in [1.29, 1.82) is 0 Å². The van der Waals surface area contributed by atoms with E-state index in [9.17, 15) is 9.59 Å². The number of methoxy groups -OCH3 is 1. The highest BCUT2D eigenvalue weighted by atomic mass is 16.5. The first-order valence-electron chi connectivity index (χ1n) is 8.15. The van der Waals surface area contributed by atoms with Crippen molar-refractivity contribution >= 4 is 12.3 Å². The molecule has 0 saturated carbocycles. The number of ether oxygens (including phenoxy) is 1. The van der Waals surface area contributed by atoms with Gasteiger partial charge in [-0.15, -0.1) is 0 Å². The third-order valence-corrected chi connectivity index (χ3v) is 4.28. The normalized spacial score (nSPS) is 16.8. The molecule has 0 spiro atoms. The number of aryl methyl sites for hydroxylation is 1. The SMILES string of the molecule is COc1ccc(CCC2=C(C=O)C(c3ccccc3)NC(=O)N2)cc1. The largest absolute Gasteiger partial charge is 0.497 e. The van der Waals surface area contributed by atoms with Gasteiger partial charge in [-0.2, -0.15) is 0 Å². The number of carbonyl (C=O) groups excluding carboxylic acids is 2. The third-order valence-electron chi connectivity index (χ3n) is 4.28. The maximum atomic E-state index is 12.0. The van der Waals surface area contributed by atoms with E-state index in [1.807, 2.05) is 54.6 Å². The first-order valence-corrected chi connectivity index (χ1v) is 8.15. The summed E-state index contributed by atoms with van der Waals surface area (Å²) in [6.07, 6.45) is 2.13. The Morgan fingerprint density at radius 3 is 2.40 bits per heavy atom. The van der Waals surface area contributed by atoms with E-state index in [-0.39, 0.29) is 6.03 Å². The number of carbonyl (C=O) groups is 2. The lowest BCUT2D eigenvalue weighted by Crippen LogP contribution is -2.44. The van der Waals surface area contributed by atoms with Crippen molar-refractivity contribution in [3.63, 3.8) is 0 Å². The van der Waals surface area contributed by atoms with E-state index in [0.717, 1.165) is 29.6 Å². The number of benzene rings is 2. The van der Waals surface area contributed by atoms with Gasteiger partial charge in [0.15, 0.2) is 0 Å². The van der Waals surface area contributed by atoms with Crippen LogP contribution in [0.15, 0.2) is 65.9 Å². The van der Waals surface area contributed by atoms with Crippen molar-refractivity contribution in [1.82, 2.24) is 10.6 Å². The van der Waals surface area contributed by atoms with Crippen LogP contribution in [0.1, 0.15) is 23.6 Å². The first-order chi connectivity index (χ1) is 12.2. The van der Waals surface area contributed by atoms with Crippen LogP contribution < -0.4 is 15.4 Å². The molecular formula is C20H20N2O3. The molecule has 0 bridgehead atoms. The summed E-state index contributed by atoms with van der Waals surface area (Å²) in [7, 11) is 1.63. The molecule has 2 aromatic carbocycles. The van der Waals surface area contributed by atoms with Crippen LogP contribution >= 0.6 is 0 Å². The molecule has 0 fully saturated rings. The molecule has 128 valence electrons. The predicted octanol–water partition coefficient (Wildman–Crippen LogP) is 3.13. The van der Waals surface area contributed by atoms with Gasteiger partial charge in [-0.05, 0) is 36.1 Å². The number of hydrogen-bond acceptors (Lipinski definition) is 3. The maximum Gasteiger partial charge on any atom is 0.319 e. The van der Waals surface area contributed by atoms with E-state index in [2.05, 4.69) is 10.6 Å². The second-order valence-electron chi connectivity index (χ2n) is 5.84. The van der Waals surface area contributed by atoms with Gasteiger partial charge in [0.25, 0.3) is 0 Å². The molecule has 1 unspecified atom stereocenters. The number of amides is 2. The van der Waals surface area contributed by atoms with Crippen molar-refractivity contribution in [3.05, 3.63) is 77.0 Å². The van der Waals surface area contributed by atoms with Crippen LogP contribution in [0.5, 0.6) is 5.75 Å². The fourth-order valence-electron chi connectivity index (χ4n) is 2.94. The Morgan fingerprint density at radius 2 is 1.76 bits per heavy atom. The molecule has 25 heavy (non-hydrogen) atoms. The maximum absolute atomic E-state index is 12.0. The molecule has 2 N–H and O–H groups in total. The number of urea groups is 1. The smallest absolute Gasteiger partial charge is 0.319 e. The van der Waals surface area contributed by atoms with Crippen molar-refractivity contribution < 1.29 is 14.3 Å². The molecule has 1 aliphatic rings. The van der Waals surface area contributed by atoms with E-state index in [4.69, 9.17) is 4.74 Å². The molecule has 0 aliphatic carbocycles. The molecule has 1 heterocycles. The van der Waals surface area contributed by atoms with Gasteiger partial charge in [0.2, 0.25) is 0 Å². The predicted molar refractivity (Wildman–Crippen MR) is 95.3 cm³/mol. The summed E-state index contributed by atoms with van der Waals surface area (Å²) in [5, 5.41) is 5.60. The number of nitrogens with one attached hydrogen (secondary N) is 2. The lowest BCUT2D eigenvalue weighted by molar-refractivity contribution is -0.105. The van der Waals surface area contributed by atoms with Crippen LogP contribution in [0.25, 0.3) is 0 Å². The van der Waals surface area contributed by atoms with Crippen LogP contribution in [0, 0.1) is 0 Å². The van der Waals surface area contributed by atoms with Gasteiger partial charge in [0.1, 0.15) is 12.0 Å². The van der Waals surface area contributed by atoms with Crippen LogP contribution in [0.2, 0.25) is 0 Å². The highest BCUT2D eigenvalue weighted by Crippen LogP contribution is 2.27. The molecule has 3 rings (SSSR count). The third kappa shape index (κ3) is 3.88. The number of allylic oxidation sites excluding steroid dienone is 1. The van der Waals surface area contributed by atoms with Gasteiger partial charge < -0.3 is 15.4 Å². The fourth-order valence-corrected chi connectivity index (χ4v) is 2.94. The van der Waals surface area contributed by atoms with Gasteiger partial charge in [-0.3, -0.25) is 4.79 Å². The Hall–Kier alpha value is -3.08. The summed E-state index contributed by atoms with van der Waals surface area (Å²) < 4.78 is 5.15. The zero-order valence-corrected chi connectivity index (χ0v) is 14.0. The summed E-state index contributed by atoms with van der Waals surface area (Å²) in [5.74, 6) is 0.802. The van der Waals surface area contributed by atoms with Gasteiger partial charge in [0, 0.05) is 11.3 Å². The summed E-state index contributed by atoms with van der Waals surface area (Å²) in [6, 6.07) is 16.6. The van der Waals surface area contributed by atoms with Crippen molar-refractivity contribution in [2.75, 3.05) is 7.11 Å². The fraction of sp³-hybridized carbons (Fsp3) is 0.200.